The van der Waals surface area contributed by atoms with Gasteiger partial charge in [0.05, 0.1) is 21.8 Å². The Balaban J connectivity index is 1.76. The fourth-order valence-corrected chi connectivity index (χ4v) is 5.65. The number of aliphatic hydroxyl groups excluding tert-OH is 1. The lowest BCUT2D eigenvalue weighted by atomic mass is 9.94. The van der Waals surface area contributed by atoms with E-state index in [2.05, 4.69) is 4.98 Å². The van der Waals surface area contributed by atoms with Gasteiger partial charge in [-0.25, -0.2) is 4.98 Å². The van der Waals surface area contributed by atoms with E-state index in [-0.39, 0.29) is 11.3 Å². The number of Topliss-reactive ketones (excluding diaryl/α,β-unsaturated/α-hetero) is 1. The van der Waals surface area contributed by atoms with Crippen molar-refractivity contribution in [2.75, 3.05) is 4.90 Å². The van der Waals surface area contributed by atoms with Gasteiger partial charge >= 0.3 is 5.91 Å². The van der Waals surface area contributed by atoms with E-state index in [1.165, 1.54) is 16.2 Å². The van der Waals surface area contributed by atoms with Crippen molar-refractivity contribution in [2.24, 2.45) is 0 Å². The van der Waals surface area contributed by atoms with Gasteiger partial charge in [0.25, 0.3) is 5.78 Å². The third-order valence-corrected chi connectivity index (χ3v) is 7.12. The van der Waals surface area contributed by atoms with Crippen LogP contribution in [0.5, 0.6) is 0 Å². The number of benzene rings is 2. The fraction of sp³-hybridized carbons (Fsp3) is 0.185. The molecule has 1 N–H and O–H groups in total. The number of amides is 1. The molecule has 34 heavy (non-hydrogen) atoms. The zero-order chi connectivity index (χ0) is 24.1. The van der Waals surface area contributed by atoms with E-state index in [9.17, 15) is 14.7 Å². The molecular weight excluding hydrogens is 446 g/mol. The Morgan fingerprint density at radius 3 is 2.53 bits per heavy atom. The predicted octanol–water partition coefficient (Wildman–Crippen LogP) is 5.55. The number of thiazole rings is 1. The fourth-order valence-electron chi connectivity index (χ4n) is 4.48. The Morgan fingerprint density at radius 1 is 1.00 bits per heavy atom. The molecule has 1 aliphatic rings. The maximum absolute atomic E-state index is 13.4. The van der Waals surface area contributed by atoms with Crippen molar-refractivity contribution < 1.29 is 14.7 Å². The quantitative estimate of drug-likeness (QED) is 0.242. The standard InChI is InChI=1S/C27H23N3O3S/c1-14-7-8-16(3)19(11-14)24(31)21-23(18-6-5-9-28-13-18)30(26(33)25(21)32)27-29-22-17(4)10-15(2)12-20(22)34-27/h5-13,23,31H,1-4H3/b24-21+. The number of pyridine rings is 1. The third-order valence-electron chi connectivity index (χ3n) is 6.12. The average molecular weight is 470 g/mol. The van der Waals surface area contributed by atoms with Crippen LogP contribution in [0, 0.1) is 27.7 Å². The molecule has 4 aromatic rings. The molecule has 1 fully saturated rings. The van der Waals surface area contributed by atoms with Crippen LogP contribution in [0.25, 0.3) is 16.0 Å². The van der Waals surface area contributed by atoms with Gasteiger partial charge in [-0.05, 0) is 68.1 Å². The molecule has 0 radical (unpaired) electrons. The van der Waals surface area contributed by atoms with Crippen LogP contribution in [0.3, 0.4) is 0 Å². The molecule has 170 valence electrons. The molecule has 3 heterocycles. The summed E-state index contributed by atoms with van der Waals surface area (Å²) in [6, 6.07) is 12.4. The molecule has 0 aliphatic carbocycles. The molecule has 0 bridgehead atoms. The van der Waals surface area contributed by atoms with Crippen molar-refractivity contribution in [3.05, 3.63) is 93.8 Å². The first-order valence-electron chi connectivity index (χ1n) is 10.9. The van der Waals surface area contributed by atoms with E-state index in [0.717, 1.165) is 32.5 Å². The maximum atomic E-state index is 13.4. The van der Waals surface area contributed by atoms with Crippen LogP contribution < -0.4 is 4.90 Å². The lowest BCUT2D eigenvalue weighted by Gasteiger charge is -2.22. The van der Waals surface area contributed by atoms with Crippen LogP contribution in [-0.4, -0.2) is 26.8 Å². The van der Waals surface area contributed by atoms with E-state index < -0.39 is 17.7 Å². The number of ketones is 1. The normalized spacial score (nSPS) is 17.6. The van der Waals surface area contributed by atoms with Crippen LogP contribution in [0.4, 0.5) is 5.13 Å². The highest BCUT2D eigenvalue weighted by molar-refractivity contribution is 7.22. The number of fused-ring (bicyclic) bond motifs is 1. The molecule has 7 heteroatoms. The average Bonchev–Trinajstić information content (AvgIpc) is 3.34. The second-order valence-corrected chi connectivity index (χ2v) is 9.71. The Labute approximate surface area is 201 Å². The van der Waals surface area contributed by atoms with Crippen molar-refractivity contribution >= 4 is 44.1 Å². The van der Waals surface area contributed by atoms with E-state index >= 15 is 0 Å². The Bertz CT molecular complexity index is 1500. The van der Waals surface area contributed by atoms with Crippen LogP contribution in [0.15, 0.2) is 60.4 Å². The summed E-state index contributed by atoms with van der Waals surface area (Å²) in [7, 11) is 0. The van der Waals surface area contributed by atoms with Crippen molar-refractivity contribution in [1.82, 2.24) is 9.97 Å². The Hall–Kier alpha value is -3.84. The number of rotatable bonds is 3. The van der Waals surface area contributed by atoms with Crippen LogP contribution >= 0.6 is 11.3 Å². The third kappa shape index (κ3) is 3.49. The molecule has 1 aliphatic heterocycles. The highest BCUT2D eigenvalue weighted by Gasteiger charge is 2.48. The van der Waals surface area contributed by atoms with Gasteiger partial charge in [-0.15, -0.1) is 0 Å². The second kappa shape index (κ2) is 8.18. The summed E-state index contributed by atoms with van der Waals surface area (Å²) in [6.45, 7) is 7.77. The minimum absolute atomic E-state index is 0.0406. The summed E-state index contributed by atoms with van der Waals surface area (Å²) < 4.78 is 0.939. The highest BCUT2D eigenvalue weighted by Crippen LogP contribution is 2.44. The number of hydrogen-bond donors (Lipinski definition) is 1. The van der Waals surface area contributed by atoms with Crippen LogP contribution in [0.1, 0.15) is 39.4 Å². The molecule has 1 atom stereocenters. The van der Waals surface area contributed by atoms with Crippen molar-refractivity contribution in [3.63, 3.8) is 0 Å². The number of aromatic nitrogens is 2. The lowest BCUT2D eigenvalue weighted by molar-refractivity contribution is -0.132. The van der Waals surface area contributed by atoms with Crippen molar-refractivity contribution in [1.29, 1.82) is 0 Å². The van der Waals surface area contributed by atoms with Gasteiger partial charge in [0.15, 0.2) is 5.13 Å². The number of anilines is 1. The number of carbonyl (C=O) groups excluding carboxylic acids is 2. The molecule has 5 rings (SSSR count). The van der Waals surface area contributed by atoms with Gasteiger partial charge in [0.2, 0.25) is 0 Å². The number of carbonyl (C=O) groups is 2. The second-order valence-electron chi connectivity index (χ2n) is 8.70. The smallest absolute Gasteiger partial charge is 0.301 e. The van der Waals surface area contributed by atoms with Gasteiger partial charge < -0.3 is 5.11 Å². The van der Waals surface area contributed by atoms with Gasteiger partial charge in [-0.3, -0.25) is 19.5 Å². The van der Waals surface area contributed by atoms with E-state index in [1.54, 1.807) is 24.5 Å². The summed E-state index contributed by atoms with van der Waals surface area (Å²) in [6.07, 6.45) is 3.24. The van der Waals surface area contributed by atoms with Crippen molar-refractivity contribution in [3.8, 4) is 0 Å². The zero-order valence-corrected chi connectivity index (χ0v) is 20.1. The van der Waals surface area contributed by atoms with E-state index in [4.69, 9.17) is 4.98 Å². The molecule has 1 amide bonds. The summed E-state index contributed by atoms with van der Waals surface area (Å²) >= 11 is 1.36. The minimum Gasteiger partial charge on any atom is -0.507 e. The largest absolute Gasteiger partial charge is 0.507 e. The topological polar surface area (TPSA) is 83.4 Å². The van der Waals surface area contributed by atoms with E-state index in [1.807, 2.05) is 58.0 Å². The Morgan fingerprint density at radius 2 is 1.79 bits per heavy atom. The molecule has 2 aromatic heterocycles. The number of aryl methyl sites for hydroxylation is 4. The number of aliphatic hydroxyl groups is 1. The zero-order valence-electron chi connectivity index (χ0n) is 19.3. The van der Waals surface area contributed by atoms with Gasteiger partial charge in [0.1, 0.15) is 5.76 Å². The summed E-state index contributed by atoms with van der Waals surface area (Å²) in [4.78, 5) is 37.1. The SMILES string of the molecule is Cc1ccc(C)c(/C(O)=C2\C(=O)C(=O)N(c3nc4c(C)cc(C)cc4s3)C2c2cccnc2)c1. The molecule has 0 saturated carbocycles. The van der Waals surface area contributed by atoms with Gasteiger partial charge in [0, 0.05) is 18.0 Å². The molecule has 6 nitrogen and oxygen atoms in total. The molecular formula is C27H23N3O3S. The van der Waals surface area contributed by atoms with Crippen molar-refractivity contribution in [2.45, 2.75) is 33.7 Å². The first-order valence-corrected chi connectivity index (χ1v) is 11.7. The molecule has 1 saturated heterocycles. The highest BCUT2D eigenvalue weighted by atomic mass is 32.1. The van der Waals surface area contributed by atoms with E-state index in [0.29, 0.717) is 16.3 Å². The minimum atomic E-state index is -0.837. The first kappa shape index (κ1) is 22.0. The first-order chi connectivity index (χ1) is 16.3. The molecule has 2 aromatic carbocycles. The maximum Gasteiger partial charge on any atom is 0.301 e. The number of nitrogens with zero attached hydrogens (tertiary/aromatic N) is 3. The number of hydrogen-bond acceptors (Lipinski definition) is 6. The summed E-state index contributed by atoms with van der Waals surface area (Å²) in [5.41, 5.74) is 5.85. The van der Waals surface area contributed by atoms with Gasteiger partial charge in [-0.2, -0.15) is 0 Å². The predicted molar refractivity (Wildman–Crippen MR) is 134 cm³/mol. The Kier molecular flexibility index (Phi) is 5.29. The monoisotopic (exact) mass is 469 g/mol. The lowest BCUT2D eigenvalue weighted by Crippen LogP contribution is -2.29. The summed E-state index contributed by atoms with van der Waals surface area (Å²) in [5, 5.41) is 11.8. The van der Waals surface area contributed by atoms with Crippen LogP contribution in [0.2, 0.25) is 0 Å². The van der Waals surface area contributed by atoms with Gasteiger partial charge in [-0.1, -0.05) is 41.2 Å². The van der Waals surface area contributed by atoms with Crippen LogP contribution in [-0.2, 0) is 9.59 Å². The summed E-state index contributed by atoms with van der Waals surface area (Å²) in [5.74, 6) is -1.64. The molecule has 0 spiro atoms. The molecule has 1 unspecified atom stereocenters.